The number of nitrogens with zero attached hydrogens (tertiary/aromatic N) is 4. The summed E-state index contributed by atoms with van der Waals surface area (Å²) in [4.78, 5) is 0. The van der Waals surface area contributed by atoms with Crippen molar-refractivity contribution in [2.75, 3.05) is 0 Å². The molecule has 3 rings (SSSR count). The lowest BCUT2D eigenvalue weighted by Crippen LogP contribution is -2.65. The fourth-order valence-electron chi connectivity index (χ4n) is 4.13. The van der Waals surface area contributed by atoms with Crippen LogP contribution >= 0.6 is 0 Å². The molecule has 0 heterocycles. The van der Waals surface area contributed by atoms with Crippen molar-refractivity contribution in [2.24, 2.45) is 27.6 Å². The minimum absolute atomic E-state index is 0.00368. The van der Waals surface area contributed by atoms with E-state index in [1.807, 2.05) is 32.9 Å². The van der Waals surface area contributed by atoms with Crippen molar-refractivity contribution in [3.8, 4) is 24.3 Å². The Kier molecular flexibility index (Phi) is 2.72. The molecule has 1 fully saturated rings. The van der Waals surface area contributed by atoms with E-state index in [0.717, 1.165) is 0 Å². The standard InChI is InChI=1S/C16H16N4/c1-12(2)14-6-4-13(3,5-7-14)15(8-17,9-18)16(14,10-19)11-20/h4,6,12H,5,7H2,1-3H3/t13-,14+/m0/s1. The van der Waals surface area contributed by atoms with Crippen LogP contribution in [0.2, 0.25) is 0 Å². The van der Waals surface area contributed by atoms with Crippen LogP contribution in [-0.2, 0) is 0 Å². The molecule has 100 valence electrons. The number of hydrogen-bond acceptors (Lipinski definition) is 4. The summed E-state index contributed by atoms with van der Waals surface area (Å²) in [5, 5.41) is 39.0. The van der Waals surface area contributed by atoms with Crippen LogP contribution in [0.5, 0.6) is 0 Å². The Balaban J connectivity index is 2.97. The van der Waals surface area contributed by atoms with Gasteiger partial charge in [0, 0.05) is 10.8 Å². The van der Waals surface area contributed by atoms with Gasteiger partial charge in [0.25, 0.3) is 0 Å². The predicted octanol–water partition coefficient (Wildman–Crippen LogP) is 3.07. The number of fused-ring (bicyclic) bond motifs is 2. The zero-order valence-corrected chi connectivity index (χ0v) is 11.9. The molecule has 0 N–H and O–H groups in total. The van der Waals surface area contributed by atoms with Crippen LogP contribution in [0, 0.1) is 72.9 Å². The second-order valence-corrected chi connectivity index (χ2v) is 6.39. The molecule has 3 aliphatic carbocycles. The second kappa shape index (κ2) is 3.85. The Labute approximate surface area is 119 Å². The molecule has 0 amide bonds. The first-order valence-corrected chi connectivity index (χ1v) is 6.71. The van der Waals surface area contributed by atoms with Gasteiger partial charge in [-0.25, -0.2) is 0 Å². The highest BCUT2D eigenvalue weighted by atomic mass is 14.7. The summed E-state index contributed by atoms with van der Waals surface area (Å²) in [6, 6.07) is 8.27. The van der Waals surface area contributed by atoms with E-state index in [9.17, 15) is 21.0 Å². The number of rotatable bonds is 1. The topological polar surface area (TPSA) is 95.2 Å². The van der Waals surface area contributed by atoms with Crippen molar-refractivity contribution in [2.45, 2.75) is 33.6 Å². The van der Waals surface area contributed by atoms with Gasteiger partial charge in [-0.2, -0.15) is 21.0 Å². The summed E-state index contributed by atoms with van der Waals surface area (Å²) >= 11 is 0. The molecule has 0 radical (unpaired) electrons. The number of allylic oxidation sites excluding steroid dienone is 2. The molecule has 20 heavy (non-hydrogen) atoms. The highest BCUT2D eigenvalue weighted by Gasteiger charge is 2.76. The molecule has 2 bridgehead atoms. The zero-order valence-electron chi connectivity index (χ0n) is 11.9. The van der Waals surface area contributed by atoms with Crippen molar-refractivity contribution in [3.63, 3.8) is 0 Å². The third kappa shape index (κ3) is 1.06. The van der Waals surface area contributed by atoms with Crippen LogP contribution in [0.1, 0.15) is 33.6 Å². The van der Waals surface area contributed by atoms with Gasteiger partial charge in [0.05, 0.1) is 24.3 Å². The fraction of sp³-hybridized carbons (Fsp3) is 0.625. The molecular formula is C16H16N4. The highest BCUT2D eigenvalue weighted by Crippen LogP contribution is 2.72. The van der Waals surface area contributed by atoms with Crippen LogP contribution in [0.3, 0.4) is 0 Å². The van der Waals surface area contributed by atoms with Gasteiger partial charge in [-0.3, -0.25) is 0 Å². The molecule has 0 unspecified atom stereocenters. The molecule has 0 spiro atoms. The average Bonchev–Trinajstić information content (AvgIpc) is 2.46. The van der Waals surface area contributed by atoms with E-state index < -0.39 is 21.7 Å². The molecule has 0 aromatic carbocycles. The monoisotopic (exact) mass is 264 g/mol. The minimum atomic E-state index is -1.63. The van der Waals surface area contributed by atoms with Crippen LogP contribution in [-0.4, -0.2) is 0 Å². The Morgan fingerprint density at radius 1 is 0.850 bits per heavy atom. The lowest BCUT2D eigenvalue weighted by atomic mass is 9.34. The summed E-state index contributed by atoms with van der Waals surface area (Å²) in [7, 11) is 0. The summed E-state index contributed by atoms with van der Waals surface area (Å²) in [5.74, 6) is 0.00368. The minimum Gasteiger partial charge on any atom is -0.196 e. The fourth-order valence-corrected chi connectivity index (χ4v) is 4.13. The Morgan fingerprint density at radius 2 is 1.35 bits per heavy atom. The third-order valence-corrected chi connectivity index (χ3v) is 5.63. The summed E-state index contributed by atoms with van der Waals surface area (Å²) in [6.45, 7) is 5.70. The Bertz CT molecular complexity index is 618. The van der Waals surface area contributed by atoms with Gasteiger partial charge >= 0.3 is 0 Å². The van der Waals surface area contributed by atoms with Crippen molar-refractivity contribution in [3.05, 3.63) is 12.2 Å². The van der Waals surface area contributed by atoms with Crippen molar-refractivity contribution < 1.29 is 0 Å². The van der Waals surface area contributed by atoms with Gasteiger partial charge in [-0.1, -0.05) is 32.9 Å². The molecule has 0 aromatic rings. The van der Waals surface area contributed by atoms with Gasteiger partial charge in [0.15, 0.2) is 10.8 Å². The molecule has 4 nitrogen and oxygen atoms in total. The maximum atomic E-state index is 9.78. The summed E-state index contributed by atoms with van der Waals surface area (Å²) < 4.78 is 0. The van der Waals surface area contributed by atoms with Crippen LogP contribution < -0.4 is 0 Å². The largest absolute Gasteiger partial charge is 0.196 e. The lowest BCUT2D eigenvalue weighted by Gasteiger charge is -2.61. The first-order valence-electron chi connectivity index (χ1n) is 6.71. The van der Waals surface area contributed by atoms with E-state index in [-0.39, 0.29) is 5.92 Å². The smallest absolute Gasteiger partial charge is 0.185 e. The Hall–Kier alpha value is -2.30. The number of nitriles is 4. The SMILES string of the molecule is CC(C)[C@@]12C=C[C@@](C)(CC1)C(C#N)(C#N)C2(C#N)C#N. The van der Waals surface area contributed by atoms with Crippen LogP contribution in [0.4, 0.5) is 0 Å². The van der Waals surface area contributed by atoms with E-state index in [1.54, 1.807) is 0 Å². The second-order valence-electron chi connectivity index (χ2n) is 6.39. The zero-order chi connectivity index (χ0) is 15.2. The lowest BCUT2D eigenvalue weighted by molar-refractivity contribution is -0.0684. The third-order valence-electron chi connectivity index (χ3n) is 5.63. The van der Waals surface area contributed by atoms with Crippen molar-refractivity contribution in [1.82, 2.24) is 0 Å². The van der Waals surface area contributed by atoms with Gasteiger partial charge < -0.3 is 0 Å². The van der Waals surface area contributed by atoms with Crippen molar-refractivity contribution in [1.29, 1.82) is 21.0 Å². The maximum Gasteiger partial charge on any atom is 0.185 e. The van der Waals surface area contributed by atoms with E-state index in [4.69, 9.17) is 0 Å². The maximum absolute atomic E-state index is 9.78. The van der Waals surface area contributed by atoms with Gasteiger partial charge in [-0.15, -0.1) is 0 Å². The van der Waals surface area contributed by atoms with Gasteiger partial charge in [0.1, 0.15) is 0 Å². The molecule has 2 atom stereocenters. The molecule has 0 aromatic heterocycles. The Morgan fingerprint density at radius 3 is 1.65 bits per heavy atom. The normalized spacial score (nSPS) is 35.6. The quantitative estimate of drug-likeness (QED) is 0.680. The molecule has 0 aliphatic heterocycles. The van der Waals surface area contributed by atoms with E-state index in [1.165, 1.54) is 0 Å². The summed E-state index contributed by atoms with van der Waals surface area (Å²) in [6.07, 6.45) is 5.11. The average molecular weight is 264 g/mol. The van der Waals surface area contributed by atoms with E-state index in [2.05, 4.69) is 24.3 Å². The van der Waals surface area contributed by atoms with E-state index in [0.29, 0.717) is 12.8 Å². The predicted molar refractivity (Wildman–Crippen MR) is 71.1 cm³/mol. The first-order chi connectivity index (χ1) is 9.35. The molecule has 0 saturated heterocycles. The molecular weight excluding hydrogens is 248 g/mol. The van der Waals surface area contributed by atoms with Gasteiger partial charge in [-0.05, 0) is 18.8 Å². The first kappa shape index (κ1) is 14.1. The van der Waals surface area contributed by atoms with Gasteiger partial charge in [0.2, 0.25) is 0 Å². The highest BCUT2D eigenvalue weighted by molar-refractivity contribution is 5.50. The summed E-state index contributed by atoms with van der Waals surface area (Å²) in [5.41, 5.74) is -4.74. The molecule has 4 heteroatoms. The van der Waals surface area contributed by atoms with E-state index >= 15 is 0 Å². The molecule has 3 aliphatic rings. The van der Waals surface area contributed by atoms with Crippen LogP contribution in [0.25, 0.3) is 0 Å². The van der Waals surface area contributed by atoms with Crippen molar-refractivity contribution >= 4 is 0 Å². The molecule has 1 saturated carbocycles. The number of hydrogen-bond donors (Lipinski definition) is 0. The van der Waals surface area contributed by atoms with Crippen LogP contribution in [0.15, 0.2) is 12.2 Å².